The van der Waals surface area contributed by atoms with E-state index in [1.165, 1.54) is 24.1 Å². The van der Waals surface area contributed by atoms with E-state index in [-0.39, 0.29) is 0 Å². The van der Waals surface area contributed by atoms with Gasteiger partial charge in [0.2, 0.25) is 0 Å². The van der Waals surface area contributed by atoms with Gasteiger partial charge in [0, 0.05) is 36.4 Å². The zero-order valence-corrected chi connectivity index (χ0v) is 12.8. The van der Waals surface area contributed by atoms with Crippen molar-refractivity contribution >= 4 is 17.3 Å². The summed E-state index contributed by atoms with van der Waals surface area (Å²) in [4.78, 5) is 2.35. The summed E-state index contributed by atoms with van der Waals surface area (Å²) < 4.78 is 0. The molecule has 0 unspecified atom stereocenters. The lowest BCUT2D eigenvalue weighted by Crippen LogP contribution is -2.43. The molecule has 110 valence electrons. The molecule has 0 radical (unpaired) electrons. The van der Waals surface area contributed by atoms with Crippen molar-refractivity contribution in [1.29, 1.82) is 0 Å². The monoisotopic (exact) mass is 294 g/mol. The molecule has 2 N–H and O–H groups in total. The Labute approximate surface area is 125 Å². The average molecular weight is 295 g/mol. The molecule has 3 rings (SSSR count). The van der Waals surface area contributed by atoms with Gasteiger partial charge in [-0.3, -0.25) is 0 Å². The number of rotatable bonds is 4. The third kappa shape index (κ3) is 3.46. The highest BCUT2D eigenvalue weighted by atomic mass is 35.5. The molecule has 0 aromatic heterocycles. The molecule has 0 bridgehead atoms. The maximum atomic E-state index is 10.1. The summed E-state index contributed by atoms with van der Waals surface area (Å²) in [7, 11) is 0. The molecule has 0 amide bonds. The number of aliphatic hydroxyl groups is 1. The molecule has 1 aromatic carbocycles. The topological polar surface area (TPSA) is 35.5 Å². The molecular formula is C16H23ClN2O. The third-order valence-corrected chi connectivity index (χ3v) is 4.62. The first-order chi connectivity index (χ1) is 9.53. The Balaban J connectivity index is 1.74. The second kappa shape index (κ2) is 5.55. The number of hydrogen-bond acceptors (Lipinski definition) is 3. The van der Waals surface area contributed by atoms with Crippen LogP contribution in [0, 0.1) is 0 Å². The molecule has 0 spiro atoms. The van der Waals surface area contributed by atoms with Gasteiger partial charge in [0.15, 0.2) is 0 Å². The second-order valence-electron chi connectivity index (χ2n) is 6.41. The highest BCUT2D eigenvalue weighted by molar-refractivity contribution is 6.30. The third-order valence-electron chi connectivity index (χ3n) is 4.39. The lowest BCUT2D eigenvalue weighted by molar-refractivity contribution is 0.0351. The average Bonchev–Trinajstić information content (AvgIpc) is 3.21. The van der Waals surface area contributed by atoms with Crippen LogP contribution in [-0.4, -0.2) is 29.8 Å². The largest absolute Gasteiger partial charge is 0.390 e. The standard InChI is InChI=1S/C16H23ClN2O/c1-16(20)6-8-19(9-7-16)15-10-13(17)3-2-12(15)11-18-14-4-5-14/h2-3,10,14,18,20H,4-9,11H2,1H3. The molecule has 1 aliphatic heterocycles. The van der Waals surface area contributed by atoms with Crippen LogP contribution in [0.25, 0.3) is 0 Å². The van der Waals surface area contributed by atoms with E-state index in [9.17, 15) is 5.11 Å². The maximum absolute atomic E-state index is 10.1. The van der Waals surface area contributed by atoms with Crippen LogP contribution in [0.2, 0.25) is 5.02 Å². The number of nitrogens with zero attached hydrogens (tertiary/aromatic N) is 1. The van der Waals surface area contributed by atoms with Gasteiger partial charge in [-0.15, -0.1) is 0 Å². The van der Waals surface area contributed by atoms with Crippen LogP contribution >= 0.6 is 11.6 Å². The molecule has 20 heavy (non-hydrogen) atoms. The molecule has 0 atom stereocenters. The normalized spacial score (nSPS) is 22.1. The fourth-order valence-electron chi connectivity index (χ4n) is 2.75. The van der Waals surface area contributed by atoms with Crippen molar-refractivity contribution in [3.05, 3.63) is 28.8 Å². The van der Waals surface area contributed by atoms with E-state index < -0.39 is 5.60 Å². The Bertz CT molecular complexity index is 475. The van der Waals surface area contributed by atoms with Gasteiger partial charge in [-0.25, -0.2) is 0 Å². The van der Waals surface area contributed by atoms with E-state index in [4.69, 9.17) is 11.6 Å². The SMILES string of the molecule is CC1(O)CCN(c2cc(Cl)ccc2CNC2CC2)CC1. The van der Waals surface area contributed by atoms with Crippen molar-refractivity contribution in [1.82, 2.24) is 5.32 Å². The summed E-state index contributed by atoms with van der Waals surface area (Å²) in [6.45, 7) is 4.62. The Hall–Kier alpha value is -0.770. The Morgan fingerprint density at radius 1 is 1.35 bits per heavy atom. The number of halogens is 1. The predicted molar refractivity (Wildman–Crippen MR) is 83.4 cm³/mol. The van der Waals surface area contributed by atoms with Gasteiger partial charge in [-0.1, -0.05) is 17.7 Å². The van der Waals surface area contributed by atoms with Gasteiger partial charge in [0.25, 0.3) is 0 Å². The minimum Gasteiger partial charge on any atom is -0.390 e. The van der Waals surface area contributed by atoms with Crippen molar-refractivity contribution in [3.63, 3.8) is 0 Å². The fourth-order valence-corrected chi connectivity index (χ4v) is 2.92. The maximum Gasteiger partial charge on any atom is 0.0653 e. The first-order valence-corrected chi connectivity index (χ1v) is 7.90. The molecule has 2 fully saturated rings. The van der Waals surface area contributed by atoms with Crippen LogP contribution in [0.15, 0.2) is 18.2 Å². The van der Waals surface area contributed by atoms with E-state index >= 15 is 0 Å². The Morgan fingerprint density at radius 2 is 2.05 bits per heavy atom. The van der Waals surface area contributed by atoms with Crippen LogP contribution in [-0.2, 0) is 6.54 Å². The van der Waals surface area contributed by atoms with Crippen LogP contribution in [0.5, 0.6) is 0 Å². The number of nitrogens with one attached hydrogen (secondary N) is 1. The molecule has 4 heteroatoms. The van der Waals surface area contributed by atoms with Crippen LogP contribution < -0.4 is 10.2 Å². The molecule has 2 aliphatic rings. The van der Waals surface area contributed by atoms with Crippen LogP contribution in [0.4, 0.5) is 5.69 Å². The summed E-state index contributed by atoms with van der Waals surface area (Å²) in [6.07, 6.45) is 4.23. The number of hydrogen-bond donors (Lipinski definition) is 2. The zero-order valence-electron chi connectivity index (χ0n) is 12.0. The molecule has 1 saturated heterocycles. The number of piperidine rings is 1. The van der Waals surface area contributed by atoms with E-state index in [0.717, 1.165) is 37.5 Å². The highest BCUT2D eigenvalue weighted by Crippen LogP contribution is 2.31. The first kappa shape index (κ1) is 14.2. The predicted octanol–water partition coefficient (Wildman–Crippen LogP) is 2.94. The van der Waals surface area contributed by atoms with Crippen molar-refractivity contribution in [2.24, 2.45) is 0 Å². The number of anilines is 1. The first-order valence-electron chi connectivity index (χ1n) is 7.53. The summed E-state index contributed by atoms with van der Waals surface area (Å²) in [5.41, 5.74) is 2.02. The summed E-state index contributed by atoms with van der Waals surface area (Å²) in [5.74, 6) is 0. The fraction of sp³-hybridized carbons (Fsp3) is 0.625. The molecule has 1 saturated carbocycles. The number of benzene rings is 1. The van der Waals surface area contributed by atoms with Gasteiger partial charge >= 0.3 is 0 Å². The highest BCUT2D eigenvalue weighted by Gasteiger charge is 2.28. The summed E-state index contributed by atoms with van der Waals surface area (Å²) in [6, 6.07) is 6.86. The van der Waals surface area contributed by atoms with E-state index in [2.05, 4.69) is 22.3 Å². The van der Waals surface area contributed by atoms with Gasteiger partial charge < -0.3 is 15.3 Å². The van der Waals surface area contributed by atoms with Gasteiger partial charge in [-0.2, -0.15) is 0 Å². The molecule has 3 nitrogen and oxygen atoms in total. The van der Waals surface area contributed by atoms with Gasteiger partial charge in [0.05, 0.1) is 5.60 Å². The second-order valence-corrected chi connectivity index (χ2v) is 6.85. The van der Waals surface area contributed by atoms with Crippen LogP contribution in [0.3, 0.4) is 0 Å². The summed E-state index contributed by atoms with van der Waals surface area (Å²) >= 11 is 6.17. The molecular weight excluding hydrogens is 272 g/mol. The van der Waals surface area contributed by atoms with Crippen molar-refractivity contribution in [2.45, 2.75) is 50.8 Å². The van der Waals surface area contributed by atoms with E-state index in [1.807, 2.05) is 13.0 Å². The smallest absolute Gasteiger partial charge is 0.0653 e. The van der Waals surface area contributed by atoms with Crippen molar-refractivity contribution < 1.29 is 5.11 Å². The van der Waals surface area contributed by atoms with Gasteiger partial charge in [-0.05, 0) is 50.3 Å². The Morgan fingerprint density at radius 3 is 2.70 bits per heavy atom. The summed E-state index contributed by atoms with van der Waals surface area (Å²) in [5, 5.41) is 14.4. The van der Waals surface area contributed by atoms with Crippen molar-refractivity contribution in [3.8, 4) is 0 Å². The molecule has 1 aliphatic carbocycles. The molecule has 1 aromatic rings. The zero-order chi connectivity index (χ0) is 14.2. The minimum absolute atomic E-state index is 0.512. The Kier molecular flexibility index (Phi) is 3.93. The van der Waals surface area contributed by atoms with E-state index in [1.54, 1.807) is 0 Å². The van der Waals surface area contributed by atoms with Gasteiger partial charge in [0.1, 0.15) is 0 Å². The molecule has 1 heterocycles. The lowest BCUT2D eigenvalue weighted by atomic mass is 9.93. The lowest BCUT2D eigenvalue weighted by Gasteiger charge is -2.38. The van der Waals surface area contributed by atoms with E-state index in [0.29, 0.717) is 6.04 Å². The quantitative estimate of drug-likeness (QED) is 0.896. The van der Waals surface area contributed by atoms with Crippen LogP contribution in [0.1, 0.15) is 38.2 Å². The van der Waals surface area contributed by atoms with Crippen molar-refractivity contribution in [2.75, 3.05) is 18.0 Å². The minimum atomic E-state index is -0.512.